The largest absolute Gasteiger partial charge is 0.497 e. The predicted molar refractivity (Wildman–Crippen MR) is 119 cm³/mol. The zero-order valence-corrected chi connectivity index (χ0v) is 17.9. The maximum atomic E-state index is 13.9. The van der Waals surface area contributed by atoms with Crippen LogP contribution in [0.3, 0.4) is 0 Å². The van der Waals surface area contributed by atoms with Gasteiger partial charge >= 0.3 is 0 Å². The number of aromatic nitrogens is 2. The molecule has 0 unspecified atom stereocenters. The molecule has 3 saturated heterocycles. The second-order valence-corrected chi connectivity index (χ2v) is 9.00. The summed E-state index contributed by atoms with van der Waals surface area (Å²) in [5.41, 5.74) is 3.10. The Labute approximate surface area is 186 Å². The molecule has 0 bridgehead atoms. The molecule has 3 fully saturated rings. The van der Waals surface area contributed by atoms with E-state index in [1.165, 1.54) is 12.1 Å². The maximum absolute atomic E-state index is 13.9. The minimum atomic E-state index is -0.468. The lowest BCUT2D eigenvalue weighted by atomic mass is 9.85. The number of ether oxygens (including phenoxy) is 1. The Kier molecular flexibility index (Phi) is 4.37. The fourth-order valence-electron chi connectivity index (χ4n) is 6.21. The molecule has 2 aromatic carbocycles. The molecule has 0 aliphatic carbocycles. The molecule has 3 aromatic rings. The van der Waals surface area contributed by atoms with Crippen LogP contribution in [0.5, 0.6) is 5.75 Å². The molecule has 1 N–H and O–H groups in total. The van der Waals surface area contributed by atoms with Gasteiger partial charge in [-0.25, -0.2) is 4.39 Å². The normalized spacial score (nSPS) is 27.1. The molecule has 6 rings (SSSR count). The van der Waals surface area contributed by atoms with E-state index in [1.54, 1.807) is 13.2 Å². The molecule has 1 amide bonds. The van der Waals surface area contributed by atoms with Gasteiger partial charge in [0.2, 0.25) is 5.91 Å². The highest BCUT2D eigenvalue weighted by molar-refractivity contribution is 6.04. The second-order valence-electron chi connectivity index (χ2n) is 9.00. The highest BCUT2D eigenvalue weighted by atomic mass is 19.1. The van der Waals surface area contributed by atoms with E-state index in [0.717, 1.165) is 54.1 Å². The molecule has 0 saturated carbocycles. The number of hydrogen-bond donors (Lipinski definition) is 1. The Balaban J connectivity index is 1.35. The number of benzene rings is 2. The molecular formula is C25H25FN4O2. The van der Waals surface area contributed by atoms with Gasteiger partial charge in [-0.3, -0.25) is 14.8 Å². The number of carbonyl (C=O) groups is 1. The van der Waals surface area contributed by atoms with E-state index in [4.69, 9.17) is 4.74 Å². The van der Waals surface area contributed by atoms with Crippen LogP contribution in [0, 0.1) is 11.7 Å². The summed E-state index contributed by atoms with van der Waals surface area (Å²) in [4.78, 5) is 18.2. The van der Waals surface area contributed by atoms with Crippen molar-refractivity contribution in [2.45, 2.75) is 30.8 Å². The highest BCUT2D eigenvalue weighted by Crippen LogP contribution is 2.57. The summed E-state index contributed by atoms with van der Waals surface area (Å²) in [5.74, 6) is 0.910. The van der Waals surface area contributed by atoms with E-state index in [-0.39, 0.29) is 23.7 Å². The molecule has 4 heterocycles. The van der Waals surface area contributed by atoms with E-state index in [0.29, 0.717) is 6.54 Å². The van der Waals surface area contributed by atoms with Crippen LogP contribution in [-0.2, 0) is 4.79 Å². The van der Waals surface area contributed by atoms with Gasteiger partial charge in [-0.05, 0) is 50.1 Å². The summed E-state index contributed by atoms with van der Waals surface area (Å²) < 4.78 is 19.2. The summed E-state index contributed by atoms with van der Waals surface area (Å²) in [6.45, 7) is 1.58. The van der Waals surface area contributed by atoms with Crippen molar-refractivity contribution in [3.05, 3.63) is 66.1 Å². The molecule has 1 aromatic heterocycles. The number of hydrogen-bond acceptors (Lipinski definition) is 4. The topological polar surface area (TPSA) is 61.5 Å². The molecule has 3 atom stereocenters. The van der Waals surface area contributed by atoms with Gasteiger partial charge in [0.1, 0.15) is 17.1 Å². The Hall–Kier alpha value is -3.19. The summed E-state index contributed by atoms with van der Waals surface area (Å²) in [7, 11) is 1.64. The summed E-state index contributed by atoms with van der Waals surface area (Å²) in [6, 6.07) is 14.4. The van der Waals surface area contributed by atoms with Gasteiger partial charge in [0.05, 0.1) is 19.0 Å². The molecule has 3 aliphatic heterocycles. The minimum absolute atomic E-state index is 0.0935. The maximum Gasteiger partial charge on any atom is 0.247 e. The number of carbonyl (C=O) groups excluding carboxylic acids is 1. The number of anilines is 1. The Bertz CT molecular complexity index is 1190. The lowest BCUT2D eigenvalue weighted by molar-refractivity contribution is -0.126. The number of methoxy groups -OCH3 is 1. The fraction of sp³-hybridized carbons (Fsp3) is 0.360. The highest BCUT2D eigenvalue weighted by Gasteiger charge is 2.65. The number of aromatic amines is 1. The van der Waals surface area contributed by atoms with E-state index in [9.17, 15) is 9.18 Å². The van der Waals surface area contributed by atoms with Crippen molar-refractivity contribution in [3.8, 4) is 17.0 Å². The van der Waals surface area contributed by atoms with Gasteiger partial charge in [0, 0.05) is 41.4 Å². The first-order chi connectivity index (χ1) is 15.6. The SMILES string of the molecule is COc1cccc(N2C[C@@H]3C[C@@H](c4cn[nH]c4-c4cccc(F)c4)N4CCC[C@@]34C2=O)c1. The van der Waals surface area contributed by atoms with Gasteiger partial charge in [0.15, 0.2) is 0 Å². The number of H-pyrrole nitrogens is 1. The van der Waals surface area contributed by atoms with Crippen LogP contribution in [0.1, 0.15) is 30.9 Å². The first kappa shape index (κ1) is 19.5. The van der Waals surface area contributed by atoms with Crippen LogP contribution in [-0.4, -0.2) is 46.7 Å². The first-order valence-corrected chi connectivity index (χ1v) is 11.1. The molecule has 0 radical (unpaired) electrons. The zero-order valence-electron chi connectivity index (χ0n) is 17.9. The average molecular weight is 432 g/mol. The van der Waals surface area contributed by atoms with Crippen molar-refractivity contribution in [2.75, 3.05) is 25.1 Å². The lowest BCUT2D eigenvalue weighted by Crippen LogP contribution is -2.49. The summed E-state index contributed by atoms with van der Waals surface area (Å²) in [6.07, 6.45) is 4.61. The van der Waals surface area contributed by atoms with Crippen LogP contribution in [0.2, 0.25) is 0 Å². The quantitative estimate of drug-likeness (QED) is 0.672. The number of amides is 1. The number of nitrogens with one attached hydrogen (secondary N) is 1. The molecule has 164 valence electrons. The van der Waals surface area contributed by atoms with Crippen molar-refractivity contribution >= 4 is 11.6 Å². The van der Waals surface area contributed by atoms with E-state index < -0.39 is 5.54 Å². The van der Waals surface area contributed by atoms with Crippen LogP contribution in [0.15, 0.2) is 54.7 Å². The Morgan fingerprint density at radius 1 is 1.22 bits per heavy atom. The second kappa shape index (κ2) is 7.17. The third-order valence-corrected chi connectivity index (χ3v) is 7.55. The number of halogens is 1. The van der Waals surface area contributed by atoms with Crippen LogP contribution < -0.4 is 9.64 Å². The summed E-state index contributed by atoms with van der Waals surface area (Å²) >= 11 is 0. The molecule has 7 heteroatoms. The van der Waals surface area contributed by atoms with Gasteiger partial charge < -0.3 is 9.64 Å². The summed E-state index contributed by atoms with van der Waals surface area (Å²) in [5, 5.41) is 7.37. The Morgan fingerprint density at radius 3 is 2.94 bits per heavy atom. The minimum Gasteiger partial charge on any atom is -0.497 e. The zero-order chi connectivity index (χ0) is 21.9. The van der Waals surface area contributed by atoms with E-state index >= 15 is 0 Å². The fourth-order valence-corrected chi connectivity index (χ4v) is 6.21. The van der Waals surface area contributed by atoms with Crippen LogP contribution >= 0.6 is 0 Å². The first-order valence-electron chi connectivity index (χ1n) is 11.1. The van der Waals surface area contributed by atoms with Crippen molar-refractivity contribution in [2.24, 2.45) is 5.92 Å². The van der Waals surface area contributed by atoms with Crippen molar-refractivity contribution in [1.82, 2.24) is 15.1 Å². The van der Waals surface area contributed by atoms with Gasteiger partial charge in [-0.1, -0.05) is 18.2 Å². The predicted octanol–water partition coefficient (Wildman–Crippen LogP) is 4.17. The third-order valence-electron chi connectivity index (χ3n) is 7.55. The monoisotopic (exact) mass is 432 g/mol. The van der Waals surface area contributed by atoms with Gasteiger partial charge in [-0.15, -0.1) is 0 Å². The van der Waals surface area contributed by atoms with Crippen LogP contribution in [0.4, 0.5) is 10.1 Å². The molecule has 3 aliphatic rings. The van der Waals surface area contributed by atoms with E-state index in [2.05, 4.69) is 15.1 Å². The lowest BCUT2D eigenvalue weighted by Gasteiger charge is -2.33. The standard InChI is InChI=1S/C25H25FN4O2/c1-32-20-8-3-7-19(13-20)29-15-17-12-22(30-10-4-9-25(17,30)24(29)31)21-14-27-28-23(21)16-5-2-6-18(26)11-16/h2-3,5-8,11,13-14,17,22H,4,9-10,12,15H2,1H3,(H,27,28)/t17-,22-,25-/m0/s1. The smallest absolute Gasteiger partial charge is 0.247 e. The molecule has 32 heavy (non-hydrogen) atoms. The van der Waals surface area contributed by atoms with E-state index in [1.807, 2.05) is 41.4 Å². The van der Waals surface area contributed by atoms with Crippen molar-refractivity contribution in [3.63, 3.8) is 0 Å². The number of nitrogens with zero attached hydrogens (tertiary/aromatic N) is 3. The Morgan fingerprint density at radius 2 is 2.09 bits per heavy atom. The van der Waals surface area contributed by atoms with Crippen molar-refractivity contribution < 1.29 is 13.9 Å². The average Bonchev–Trinajstić information content (AvgIpc) is 3.56. The third kappa shape index (κ3) is 2.67. The molecular weight excluding hydrogens is 407 g/mol. The van der Waals surface area contributed by atoms with Crippen molar-refractivity contribution in [1.29, 1.82) is 0 Å². The van der Waals surface area contributed by atoms with Gasteiger partial charge in [0.25, 0.3) is 0 Å². The van der Waals surface area contributed by atoms with Gasteiger partial charge in [-0.2, -0.15) is 5.10 Å². The number of rotatable bonds is 4. The molecule has 6 nitrogen and oxygen atoms in total. The molecule has 1 spiro atoms. The van der Waals surface area contributed by atoms with Crippen LogP contribution in [0.25, 0.3) is 11.3 Å².